The van der Waals surface area contributed by atoms with Crippen LogP contribution in [0.15, 0.2) is 6.07 Å². The Morgan fingerprint density at radius 2 is 1.85 bits per heavy atom. The summed E-state index contributed by atoms with van der Waals surface area (Å²) in [6, 6.07) is 2.18. The molecule has 3 aliphatic carbocycles. The maximum atomic E-state index is 12.8. The van der Waals surface area contributed by atoms with Gasteiger partial charge in [-0.2, -0.15) is 0 Å². The second kappa shape index (κ2) is 6.35. The minimum Gasteiger partial charge on any atom is -0.496 e. The maximum absolute atomic E-state index is 12.8. The number of hydrogen-bond acceptors (Lipinski definition) is 4. The predicted octanol–water partition coefficient (Wildman–Crippen LogP) is 4.40. The lowest BCUT2D eigenvalue weighted by Gasteiger charge is -2.54. The smallest absolute Gasteiger partial charge is 0.311 e. The van der Waals surface area contributed by atoms with Gasteiger partial charge in [0.05, 0.1) is 19.6 Å². The Kier molecular flexibility index (Phi) is 4.36. The highest BCUT2D eigenvalue weighted by molar-refractivity contribution is 6.01. The summed E-state index contributed by atoms with van der Waals surface area (Å²) >= 11 is 0. The highest BCUT2D eigenvalue weighted by Crippen LogP contribution is 2.59. The summed E-state index contributed by atoms with van der Waals surface area (Å²) in [7, 11) is 3.19. The topological polar surface area (TPSA) is 52.6 Å². The van der Waals surface area contributed by atoms with Crippen molar-refractivity contribution in [2.45, 2.75) is 70.6 Å². The number of rotatable bonds is 2. The van der Waals surface area contributed by atoms with E-state index in [1.165, 1.54) is 18.2 Å². The lowest BCUT2D eigenvalue weighted by Crippen LogP contribution is -2.53. The van der Waals surface area contributed by atoms with Gasteiger partial charge in [0, 0.05) is 17.5 Å². The molecule has 1 saturated carbocycles. The number of ketones is 1. The molecule has 0 N–H and O–H groups in total. The number of esters is 1. The number of carbonyl (C=O) groups is 2. The van der Waals surface area contributed by atoms with E-state index in [0.717, 1.165) is 61.8 Å². The number of Topliss-reactive ketones (excluding diaryl/α,β-unsaturated/α-hetero) is 1. The van der Waals surface area contributed by atoms with Crippen LogP contribution in [0.4, 0.5) is 0 Å². The van der Waals surface area contributed by atoms with Crippen molar-refractivity contribution in [1.29, 1.82) is 0 Å². The van der Waals surface area contributed by atoms with Crippen molar-refractivity contribution >= 4 is 11.8 Å². The molecule has 0 spiro atoms. The first-order valence-corrected chi connectivity index (χ1v) is 10.2. The molecular formula is C23H30O4. The number of benzene rings is 1. The molecule has 1 aromatic carbocycles. The third-order valence-electron chi connectivity index (χ3n) is 7.71. The Morgan fingerprint density at radius 3 is 2.56 bits per heavy atom. The fourth-order valence-corrected chi connectivity index (χ4v) is 6.43. The van der Waals surface area contributed by atoms with Gasteiger partial charge in [-0.1, -0.05) is 13.3 Å². The van der Waals surface area contributed by atoms with E-state index in [0.29, 0.717) is 6.42 Å². The summed E-state index contributed by atoms with van der Waals surface area (Å²) in [6.45, 7) is 4.36. The molecule has 0 aliphatic heterocycles. The first kappa shape index (κ1) is 18.5. The van der Waals surface area contributed by atoms with E-state index in [2.05, 4.69) is 19.9 Å². The number of methoxy groups -OCH3 is 2. The van der Waals surface area contributed by atoms with Gasteiger partial charge >= 0.3 is 5.97 Å². The van der Waals surface area contributed by atoms with Gasteiger partial charge in [-0.25, -0.2) is 0 Å². The van der Waals surface area contributed by atoms with E-state index in [-0.39, 0.29) is 23.1 Å². The Hall–Kier alpha value is -1.84. The van der Waals surface area contributed by atoms with Gasteiger partial charge < -0.3 is 9.47 Å². The average Bonchev–Trinajstić information content (AvgIpc) is 2.66. The third-order valence-corrected chi connectivity index (χ3v) is 7.71. The molecule has 0 saturated heterocycles. The Balaban J connectivity index is 1.91. The quantitative estimate of drug-likeness (QED) is 0.724. The zero-order valence-electron chi connectivity index (χ0n) is 16.9. The average molecular weight is 370 g/mol. The van der Waals surface area contributed by atoms with Crippen LogP contribution in [0.5, 0.6) is 5.75 Å². The van der Waals surface area contributed by atoms with Gasteiger partial charge in [-0.15, -0.1) is 0 Å². The molecule has 4 rings (SSSR count). The summed E-state index contributed by atoms with van der Waals surface area (Å²) in [5.41, 5.74) is 3.89. The minimum atomic E-state index is -0.466. The standard InChI is InChI=1S/C23H30O4/c1-22-11-6-12-23(2,21(25)27-4)19(22)10-9-14-16(22)13-18(26-3)15-7-5-8-17(24)20(14)15/h13,19H,5-12H2,1-4H3. The molecule has 4 heteroatoms. The SMILES string of the molecule is COC(=O)C1(C)CCCC2(C)c3cc(OC)c4c(c3CCC12)C(=O)CCC4. The van der Waals surface area contributed by atoms with Crippen molar-refractivity contribution in [2.24, 2.45) is 11.3 Å². The second-order valence-electron chi connectivity index (χ2n) is 9.01. The second-order valence-corrected chi connectivity index (χ2v) is 9.01. The number of fused-ring (bicyclic) bond motifs is 5. The summed E-state index contributed by atoms with van der Waals surface area (Å²) in [5, 5.41) is 0. The van der Waals surface area contributed by atoms with E-state index >= 15 is 0 Å². The monoisotopic (exact) mass is 370 g/mol. The van der Waals surface area contributed by atoms with Crippen LogP contribution < -0.4 is 4.74 Å². The largest absolute Gasteiger partial charge is 0.496 e. The van der Waals surface area contributed by atoms with Crippen molar-refractivity contribution < 1.29 is 19.1 Å². The van der Waals surface area contributed by atoms with Gasteiger partial charge in [0.15, 0.2) is 5.78 Å². The van der Waals surface area contributed by atoms with Gasteiger partial charge in [-0.3, -0.25) is 9.59 Å². The molecule has 0 aromatic heterocycles. The minimum absolute atomic E-state index is 0.0946. The molecule has 4 nitrogen and oxygen atoms in total. The van der Waals surface area contributed by atoms with Crippen LogP contribution in [0.25, 0.3) is 0 Å². The Morgan fingerprint density at radius 1 is 1.07 bits per heavy atom. The lowest BCUT2D eigenvalue weighted by atomic mass is 9.49. The normalized spacial score (nSPS) is 32.1. The van der Waals surface area contributed by atoms with Gasteiger partial charge in [0.25, 0.3) is 0 Å². The van der Waals surface area contributed by atoms with Crippen molar-refractivity contribution in [3.63, 3.8) is 0 Å². The fourth-order valence-electron chi connectivity index (χ4n) is 6.43. The summed E-state index contributed by atoms with van der Waals surface area (Å²) in [4.78, 5) is 25.5. The number of ether oxygens (including phenoxy) is 2. The summed E-state index contributed by atoms with van der Waals surface area (Å²) in [6.07, 6.45) is 7.14. The highest BCUT2D eigenvalue weighted by Gasteiger charge is 2.56. The van der Waals surface area contributed by atoms with Gasteiger partial charge in [0.2, 0.25) is 0 Å². The van der Waals surface area contributed by atoms with E-state index < -0.39 is 5.41 Å². The summed E-state index contributed by atoms with van der Waals surface area (Å²) < 4.78 is 10.9. The molecule has 3 atom stereocenters. The van der Waals surface area contributed by atoms with Crippen molar-refractivity contribution in [3.8, 4) is 5.75 Å². The van der Waals surface area contributed by atoms with Gasteiger partial charge in [-0.05, 0) is 74.0 Å². The van der Waals surface area contributed by atoms with Crippen LogP contribution in [0.2, 0.25) is 0 Å². The lowest BCUT2D eigenvalue weighted by molar-refractivity contribution is -0.161. The molecular weight excluding hydrogens is 340 g/mol. The highest BCUT2D eigenvalue weighted by atomic mass is 16.5. The van der Waals surface area contributed by atoms with Crippen LogP contribution in [0.3, 0.4) is 0 Å². The fraction of sp³-hybridized carbons (Fsp3) is 0.652. The van der Waals surface area contributed by atoms with Crippen LogP contribution in [-0.4, -0.2) is 26.0 Å². The van der Waals surface area contributed by atoms with Crippen molar-refractivity contribution in [2.75, 3.05) is 14.2 Å². The first-order chi connectivity index (χ1) is 12.9. The van der Waals surface area contributed by atoms with Crippen LogP contribution in [0, 0.1) is 11.3 Å². The van der Waals surface area contributed by atoms with E-state index in [9.17, 15) is 9.59 Å². The van der Waals surface area contributed by atoms with Crippen molar-refractivity contribution in [3.05, 3.63) is 28.3 Å². The molecule has 0 amide bonds. The first-order valence-electron chi connectivity index (χ1n) is 10.2. The van der Waals surface area contributed by atoms with Gasteiger partial charge in [0.1, 0.15) is 5.75 Å². The Bertz CT molecular complexity index is 811. The number of hydrogen-bond donors (Lipinski definition) is 0. The molecule has 3 aliphatic rings. The molecule has 1 fully saturated rings. The number of carbonyl (C=O) groups excluding carboxylic acids is 2. The van der Waals surface area contributed by atoms with Crippen LogP contribution in [-0.2, 0) is 27.8 Å². The zero-order valence-corrected chi connectivity index (χ0v) is 16.9. The molecule has 0 radical (unpaired) electrons. The van der Waals surface area contributed by atoms with Crippen LogP contribution in [0.1, 0.15) is 79.4 Å². The summed E-state index contributed by atoms with van der Waals surface area (Å²) in [5.74, 6) is 1.24. The predicted molar refractivity (Wildman–Crippen MR) is 103 cm³/mol. The molecule has 1 aromatic rings. The van der Waals surface area contributed by atoms with E-state index in [1.807, 2.05) is 0 Å². The van der Waals surface area contributed by atoms with Crippen LogP contribution >= 0.6 is 0 Å². The maximum Gasteiger partial charge on any atom is 0.311 e. The molecule has 146 valence electrons. The van der Waals surface area contributed by atoms with Crippen molar-refractivity contribution in [1.82, 2.24) is 0 Å². The third kappa shape index (κ3) is 2.48. The van der Waals surface area contributed by atoms with E-state index in [1.54, 1.807) is 7.11 Å². The molecule has 3 unspecified atom stereocenters. The molecule has 27 heavy (non-hydrogen) atoms. The molecule has 0 bridgehead atoms. The Labute approximate surface area is 161 Å². The zero-order chi connectivity index (χ0) is 19.4. The van der Waals surface area contributed by atoms with E-state index in [4.69, 9.17) is 9.47 Å². The molecule has 0 heterocycles.